The van der Waals surface area contributed by atoms with Crippen molar-refractivity contribution in [3.8, 4) is 0 Å². The molecule has 0 amide bonds. The molecule has 15 heavy (non-hydrogen) atoms. The predicted octanol–water partition coefficient (Wildman–Crippen LogP) is 1.93. The minimum atomic E-state index is -1.37. The fourth-order valence-electron chi connectivity index (χ4n) is 1.10. The van der Waals surface area contributed by atoms with Gasteiger partial charge in [0.25, 0.3) is 0 Å². The first-order valence-electron chi connectivity index (χ1n) is 5.05. The number of allylic oxidation sites excluding steroid dienone is 3. The largest absolute Gasteiger partial charge is 0.818 e. The van der Waals surface area contributed by atoms with E-state index in [0.29, 0.717) is 0 Å². The van der Waals surface area contributed by atoms with Crippen molar-refractivity contribution >= 4 is 5.97 Å². The average Bonchev–Trinajstić information content (AvgIpc) is 2.00. The highest BCUT2D eigenvalue weighted by Gasteiger charge is 1.96. The molecule has 0 saturated carbocycles. The van der Waals surface area contributed by atoms with Gasteiger partial charge in [0.2, 0.25) is 0 Å². The molecule has 0 aliphatic carbocycles. The second-order valence-electron chi connectivity index (χ2n) is 3.81. The van der Waals surface area contributed by atoms with Crippen molar-refractivity contribution in [2.75, 3.05) is 0 Å². The number of hydrogen-bond acceptors (Lipinski definition) is 3. The summed E-state index contributed by atoms with van der Waals surface area (Å²) in [7, 11) is 0. The summed E-state index contributed by atoms with van der Waals surface area (Å²) in [5.74, 6) is -0.539. The van der Waals surface area contributed by atoms with Gasteiger partial charge in [0.05, 0.1) is 0 Å². The lowest BCUT2D eigenvalue weighted by atomic mass is 10.1. The van der Waals surface area contributed by atoms with Crippen molar-refractivity contribution in [2.24, 2.45) is 0 Å². The number of ether oxygens (including phenoxy) is 1. The Hall–Kier alpha value is -1.09. The van der Waals surface area contributed by atoms with E-state index >= 15 is 0 Å². The van der Waals surface area contributed by atoms with Gasteiger partial charge in [-0.15, -0.1) is 0 Å². The van der Waals surface area contributed by atoms with Crippen LogP contribution in [0, 0.1) is 0 Å². The van der Waals surface area contributed by atoms with E-state index in [-0.39, 0.29) is 0 Å². The third kappa shape index (κ3) is 9.22. The smallest absolute Gasteiger partial charge is 0.301 e. The molecule has 0 aromatic rings. The highest BCUT2D eigenvalue weighted by Crippen LogP contribution is 2.07. The second-order valence-corrected chi connectivity index (χ2v) is 3.81. The van der Waals surface area contributed by atoms with Crippen molar-refractivity contribution in [3.05, 3.63) is 23.3 Å². The molecular formula is C12H19O3-. The van der Waals surface area contributed by atoms with Crippen LogP contribution in [-0.2, 0) is 9.53 Å². The van der Waals surface area contributed by atoms with Crippen LogP contribution in [0.1, 0.15) is 40.5 Å². The van der Waals surface area contributed by atoms with Gasteiger partial charge in [-0.25, -0.2) is 0 Å². The van der Waals surface area contributed by atoms with Crippen LogP contribution in [0.3, 0.4) is 0 Å². The topological polar surface area (TPSA) is 49.4 Å². The average molecular weight is 211 g/mol. The van der Waals surface area contributed by atoms with Crippen LogP contribution >= 0.6 is 0 Å². The summed E-state index contributed by atoms with van der Waals surface area (Å²) in [4.78, 5) is 10.5. The Labute approximate surface area is 91.4 Å². The molecule has 86 valence electrons. The standard InChI is InChI=1S/C12H19O3/c1-9(2)6-5-7-10(3)8-12(14)15-11(4)13/h6,8,12H,5,7H2,1-4H3/q-1/b10-8+. The van der Waals surface area contributed by atoms with Crippen LogP contribution < -0.4 is 5.11 Å². The number of carbonyl (C=O) groups is 1. The van der Waals surface area contributed by atoms with Gasteiger partial charge in [0, 0.05) is 13.2 Å². The summed E-state index contributed by atoms with van der Waals surface area (Å²) in [5.41, 5.74) is 2.22. The molecule has 0 fully saturated rings. The summed E-state index contributed by atoms with van der Waals surface area (Å²) in [6.07, 6.45) is 3.93. The molecule has 3 heteroatoms. The summed E-state index contributed by atoms with van der Waals surface area (Å²) in [5, 5.41) is 11.1. The lowest BCUT2D eigenvalue weighted by Gasteiger charge is -2.18. The molecule has 1 unspecified atom stereocenters. The lowest BCUT2D eigenvalue weighted by Crippen LogP contribution is -2.28. The molecule has 3 nitrogen and oxygen atoms in total. The summed E-state index contributed by atoms with van der Waals surface area (Å²) < 4.78 is 4.46. The van der Waals surface area contributed by atoms with E-state index in [4.69, 9.17) is 0 Å². The molecule has 0 N–H and O–H groups in total. The first-order chi connectivity index (χ1) is 6.91. The Morgan fingerprint density at radius 1 is 1.33 bits per heavy atom. The summed E-state index contributed by atoms with van der Waals surface area (Å²) in [6, 6.07) is 0. The van der Waals surface area contributed by atoms with Gasteiger partial charge in [0.1, 0.15) is 0 Å². The Morgan fingerprint density at radius 3 is 2.40 bits per heavy atom. The van der Waals surface area contributed by atoms with Gasteiger partial charge in [-0.1, -0.05) is 23.3 Å². The zero-order valence-corrected chi connectivity index (χ0v) is 9.87. The number of rotatable bonds is 5. The van der Waals surface area contributed by atoms with Crippen LogP contribution in [0.2, 0.25) is 0 Å². The Balaban J connectivity index is 3.97. The molecular weight excluding hydrogens is 192 g/mol. The van der Waals surface area contributed by atoms with Crippen molar-refractivity contribution in [2.45, 2.75) is 46.8 Å². The Morgan fingerprint density at radius 2 is 1.93 bits per heavy atom. The van der Waals surface area contributed by atoms with Crippen LogP contribution in [0.4, 0.5) is 0 Å². The van der Waals surface area contributed by atoms with Crippen LogP contribution in [0.5, 0.6) is 0 Å². The van der Waals surface area contributed by atoms with E-state index in [1.165, 1.54) is 18.6 Å². The summed E-state index contributed by atoms with van der Waals surface area (Å²) >= 11 is 0. The van der Waals surface area contributed by atoms with Gasteiger partial charge in [0.15, 0.2) is 0 Å². The normalized spacial score (nSPS) is 13.3. The minimum Gasteiger partial charge on any atom is -0.818 e. The molecule has 0 radical (unpaired) electrons. The van der Waals surface area contributed by atoms with Crippen molar-refractivity contribution in [1.82, 2.24) is 0 Å². The van der Waals surface area contributed by atoms with Gasteiger partial charge < -0.3 is 9.84 Å². The van der Waals surface area contributed by atoms with Gasteiger partial charge >= 0.3 is 5.97 Å². The molecule has 0 saturated heterocycles. The highest BCUT2D eigenvalue weighted by atomic mass is 16.6. The van der Waals surface area contributed by atoms with Crippen LogP contribution in [-0.4, -0.2) is 12.3 Å². The van der Waals surface area contributed by atoms with Crippen LogP contribution in [0.15, 0.2) is 23.3 Å². The minimum absolute atomic E-state index is 0.539. The second kappa shape index (κ2) is 7.23. The van der Waals surface area contributed by atoms with E-state index in [1.54, 1.807) is 0 Å². The molecule has 0 spiro atoms. The predicted molar refractivity (Wildman–Crippen MR) is 58.0 cm³/mol. The highest BCUT2D eigenvalue weighted by molar-refractivity contribution is 5.66. The van der Waals surface area contributed by atoms with Crippen molar-refractivity contribution in [3.63, 3.8) is 0 Å². The van der Waals surface area contributed by atoms with E-state index in [1.807, 2.05) is 20.8 Å². The van der Waals surface area contributed by atoms with Crippen molar-refractivity contribution in [1.29, 1.82) is 0 Å². The van der Waals surface area contributed by atoms with Gasteiger partial charge in [-0.3, -0.25) is 4.79 Å². The zero-order chi connectivity index (χ0) is 11.8. The van der Waals surface area contributed by atoms with E-state index < -0.39 is 12.3 Å². The SMILES string of the molecule is CC(=O)OC([O-])/C=C(\C)CCC=C(C)C. The quantitative estimate of drug-likeness (QED) is 0.396. The third-order valence-corrected chi connectivity index (χ3v) is 1.79. The maximum Gasteiger partial charge on any atom is 0.301 e. The van der Waals surface area contributed by atoms with Gasteiger partial charge in [-0.2, -0.15) is 0 Å². The molecule has 0 aromatic heterocycles. The third-order valence-electron chi connectivity index (χ3n) is 1.79. The Kier molecular flexibility index (Phi) is 6.71. The first kappa shape index (κ1) is 13.9. The van der Waals surface area contributed by atoms with Gasteiger partial charge in [-0.05, 0) is 33.6 Å². The molecule has 1 atom stereocenters. The Bertz CT molecular complexity index is 260. The maximum atomic E-state index is 11.1. The van der Waals surface area contributed by atoms with E-state index in [9.17, 15) is 9.90 Å². The molecule has 0 rings (SSSR count). The zero-order valence-electron chi connectivity index (χ0n) is 9.87. The molecule has 0 heterocycles. The molecule has 0 aliphatic rings. The summed E-state index contributed by atoms with van der Waals surface area (Å²) in [6.45, 7) is 7.17. The number of esters is 1. The monoisotopic (exact) mass is 211 g/mol. The number of carbonyl (C=O) groups excluding carboxylic acids is 1. The number of hydrogen-bond donors (Lipinski definition) is 0. The van der Waals surface area contributed by atoms with E-state index in [0.717, 1.165) is 18.4 Å². The fraction of sp³-hybridized carbons (Fsp3) is 0.583. The molecule has 0 aromatic carbocycles. The van der Waals surface area contributed by atoms with Crippen LogP contribution in [0.25, 0.3) is 0 Å². The first-order valence-corrected chi connectivity index (χ1v) is 5.05. The lowest BCUT2D eigenvalue weighted by molar-refractivity contribution is -0.461. The molecule has 0 aliphatic heterocycles. The molecule has 0 bridgehead atoms. The maximum absolute atomic E-state index is 11.1. The fourth-order valence-corrected chi connectivity index (χ4v) is 1.10. The van der Waals surface area contributed by atoms with Crippen molar-refractivity contribution < 1.29 is 14.6 Å². The van der Waals surface area contributed by atoms with E-state index in [2.05, 4.69) is 10.8 Å².